The number of aliphatic hydroxyl groups is 1. The van der Waals surface area contributed by atoms with Gasteiger partial charge in [-0.05, 0) is 85.5 Å². The summed E-state index contributed by atoms with van der Waals surface area (Å²) < 4.78 is 0. The van der Waals surface area contributed by atoms with E-state index in [1.807, 2.05) is 19.9 Å². The summed E-state index contributed by atoms with van der Waals surface area (Å²) in [5.74, 6) is 4.12. The number of rotatable bonds is 1. The molecule has 166 valence electrons. The maximum Gasteiger partial charge on any atom is 0.156 e. The highest BCUT2D eigenvalue weighted by atomic mass is 16.3. The maximum atomic E-state index is 12.0. The van der Waals surface area contributed by atoms with Crippen LogP contribution in [0.4, 0.5) is 0 Å². The SMILES string of the molecule is C#CC.CC.CC12CC(c3ccccc3)C3=C4CCC(=O)C=C4CCC3C1CCC2O. The molecule has 2 nitrogen and oxygen atoms in total. The average Bonchev–Trinajstić information content (AvgIpc) is 3.09. The predicted molar refractivity (Wildman–Crippen MR) is 129 cm³/mol. The van der Waals surface area contributed by atoms with Gasteiger partial charge >= 0.3 is 0 Å². The van der Waals surface area contributed by atoms with Crippen molar-refractivity contribution in [1.82, 2.24) is 0 Å². The zero-order valence-corrected chi connectivity index (χ0v) is 19.7. The van der Waals surface area contributed by atoms with Crippen molar-refractivity contribution >= 4 is 5.78 Å². The quantitative estimate of drug-likeness (QED) is 0.521. The van der Waals surface area contributed by atoms with E-state index in [0.717, 1.165) is 38.5 Å². The molecule has 0 aliphatic heterocycles. The molecule has 5 rings (SSSR count). The summed E-state index contributed by atoms with van der Waals surface area (Å²) in [4.78, 5) is 12.0. The molecule has 5 atom stereocenters. The molecule has 0 saturated heterocycles. The van der Waals surface area contributed by atoms with Gasteiger partial charge in [0.2, 0.25) is 0 Å². The summed E-state index contributed by atoms with van der Waals surface area (Å²) in [6.45, 7) is 7.99. The fourth-order valence-electron chi connectivity index (χ4n) is 6.62. The van der Waals surface area contributed by atoms with Crippen molar-refractivity contribution in [2.24, 2.45) is 17.3 Å². The molecule has 5 unspecified atom stereocenters. The molecule has 0 aromatic heterocycles. The molecule has 0 radical (unpaired) electrons. The fourth-order valence-corrected chi connectivity index (χ4v) is 6.62. The second-order valence-corrected chi connectivity index (χ2v) is 9.38. The van der Waals surface area contributed by atoms with Gasteiger partial charge in [-0.3, -0.25) is 4.79 Å². The van der Waals surface area contributed by atoms with Crippen LogP contribution in [0, 0.1) is 29.6 Å². The Morgan fingerprint density at radius 3 is 2.42 bits per heavy atom. The van der Waals surface area contributed by atoms with Gasteiger partial charge in [-0.15, -0.1) is 12.3 Å². The van der Waals surface area contributed by atoms with Gasteiger partial charge in [0.25, 0.3) is 0 Å². The van der Waals surface area contributed by atoms with Crippen molar-refractivity contribution in [1.29, 1.82) is 0 Å². The molecule has 0 bridgehead atoms. The Labute approximate surface area is 188 Å². The molecule has 0 amide bonds. The molecule has 1 aromatic rings. The van der Waals surface area contributed by atoms with Gasteiger partial charge in [0.1, 0.15) is 0 Å². The van der Waals surface area contributed by atoms with Gasteiger partial charge in [0.05, 0.1) is 6.10 Å². The summed E-state index contributed by atoms with van der Waals surface area (Å²) in [7, 11) is 0. The lowest BCUT2D eigenvalue weighted by Crippen LogP contribution is -2.45. The van der Waals surface area contributed by atoms with E-state index in [1.165, 1.54) is 16.7 Å². The molecule has 1 N–H and O–H groups in total. The minimum Gasteiger partial charge on any atom is -0.393 e. The second-order valence-electron chi connectivity index (χ2n) is 9.38. The van der Waals surface area contributed by atoms with Crippen molar-refractivity contribution in [3.63, 3.8) is 0 Å². The van der Waals surface area contributed by atoms with Crippen molar-refractivity contribution in [2.45, 2.75) is 84.7 Å². The van der Waals surface area contributed by atoms with Gasteiger partial charge in [-0.25, -0.2) is 0 Å². The van der Waals surface area contributed by atoms with E-state index in [4.69, 9.17) is 0 Å². The van der Waals surface area contributed by atoms with Crippen LogP contribution in [-0.4, -0.2) is 17.0 Å². The monoisotopic (exact) mass is 418 g/mol. The molecule has 4 aliphatic carbocycles. The number of aliphatic hydroxyl groups excluding tert-OH is 1. The summed E-state index contributed by atoms with van der Waals surface area (Å²) in [5, 5.41) is 10.8. The van der Waals surface area contributed by atoms with Crippen LogP contribution in [0.5, 0.6) is 0 Å². The van der Waals surface area contributed by atoms with Crippen LogP contribution in [-0.2, 0) is 4.79 Å². The standard InChI is InChI=1S/C24H28O2.C3H4.C2H6/c1-24-14-20(15-5-3-2-4-6-15)23-18-10-8-17(25)13-16(18)7-9-19(23)21(24)11-12-22(24)26;1-3-2;1-2/h2-6,13,19-22,26H,7-12,14H2,1H3;1H,2H3;1-2H3. The summed E-state index contributed by atoms with van der Waals surface area (Å²) in [6.07, 6.45) is 13.3. The van der Waals surface area contributed by atoms with Gasteiger partial charge in [0, 0.05) is 12.3 Å². The highest BCUT2D eigenvalue weighted by Crippen LogP contribution is 2.63. The van der Waals surface area contributed by atoms with Gasteiger partial charge in [-0.2, -0.15) is 0 Å². The average molecular weight is 419 g/mol. The van der Waals surface area contributed by atoms with Crippen LogP contribution >= 0.6 is 0 Å². The third-order valence-electron chi connectivity index (χ3n) is 7.88. The number of carbonyl (C=O) groups excluding carboxylic acids is 1. The molecule has 0 heterocycles. The topological polar surface area (TPSA) is 37.3 Å². The molecule has 2 saturated carbocycles. The summed E-state index contributed by atoms with van der Waals surface area (Å²) in [5.41, 5.74) is 5.85. The van der Waals surface area contributed by atoms with Crippen LogP contribution in [0.3, 0.4) is 0 Å². The lowest BCUT2D eigenvalue weighted by molar-refractivity contribution is -0.114. The number of hydrogen-bond acceptors (Lipinski definition) is 2. The Morgan fingerprint density at radius 1 is 1.06 bits per heavy atom. The number of terminal acetylenes is 1. The Balaban J connectivity index is 0.000000504. The first-order chi connectivity index (χ1) is 15.0. The lowest BCUT2D eigenvalue weighted by Gasteiger charge is -2.52. The number of ketones is 1. The third-order valence-corrected chi connectivity index (χ3v) is 7.88. The largest absolute Gasteiger partial charge is 0.393 e. The van der Waals surface area contributed by atoms with Gasteiger partial charge in [0.15, 0.2) is 5.78 Å². The molecule has 2 fully saturated rings. The van der Waals surface area contributed by atoms with Crippen LogP contribution < -0.4 is 0 Å². The highest BCUT2D eigenvalue weighted by molar-refractivity contribution is 5.93. The van der Waals surface area contributed by atoms with E-state index in [2.05, 4.69) is 49.6 Å². The van der Waals surface area contributed by atoms with E-state index in [1.54, 1.807) is 12.5 Å². The van der Waals surface area contributed by atoms with Crippen molar-refractivity contribution < 1.29 is 9.90 Å². The van der Waals surface area contributed by atoms with Crippen molar-refractivity contribution in [2.75, 3.05) is 0 Å². The van der Waals surface area contributed by atoms with E-state index < -0.39 is 0 Å². The van der Waals surface area contributed by atoms with E-state index >= 15 is 0 Å². The molecule has 31 heavy (non-hydrogen) atoms. The fraction of sp³-hybridized carbons (Fsp3) is 0.552. The number of fused-ring (bicyclic) bond motifs is 4. The lowest BCUT2D eigenvalue weighted by atomic mass is 9.53. The van der Waals surface area contributed by atoms with Crippen molar-refractivity contribution in [3.05, 3.63) is 58.7 Å². The zero-order valence-electron chi connectivity index (χ0n) is 19.7. The normalized spacial score (nSPS) is 33.3. The predicted octanol–water partition coefficient (Wildman–Crippen LogP) is 6.61. The number of hydrogen-bond donors (Lipinski definition) is 1. The molecule has 2 heteroatoms. The van der Waals surface area contributed by atoms with Gasteiger partial charge < -0.3 is 5.11 Å². The van der Waals surface area contributed by atoms with Crippen LogP contribution in [0.2, 0.25) is 0 Å². The first kappa shape index (κ1) is 23.6. The van der Waals surface area contributed by atoms with E-state index in [-0.39, 0.29) is 11.5 Å². The van der Waals surface area contributed by atoms with Gasteiger partial charge in [-0.1, -0.05) is 56.7 Å². The Kier molecular flexibility index (Phi) is 7.60. The molecule has 4 aliphatic rings. The number of benzene rings is 1. The van der Waals surface area contributed by atoms with Crippen LogP contribution in [0.15, 0.2) is 53.1 Å². The minimum atomic E-state index is -0.171. The third kappa shape index (κ3) is 4.31. The van der Waals surface area contributed by atoms with E-state index in [9.17, 15) is 9.90 Å². The number of carbonyl (C=O) groups is 1. The van der Waals surface area contributed by atoms with E-state index in [0.29, 0.717) is 30.0 Å². The second kappa shape index (κ2) is 10.0. The summed E-state index contributed by atoms with van der Waals surface area (Å²) in [6, 6.07) is 10.9. The first-order valence-corrected chi connectivity index (χ1v) is 12.1. The molecular formula is C29H38O2. The Hall–Kier alpha value is -2.11. The molecule has 0 spiro atoms. The first-order valence-electron chi connectivity index (χ1n) is 12.1. The molecule has 1 aromatic carbocycles. The van der Waals surface area contributed by atoms with Crippen LogP contribution in [0.1, 0.15) is 84.1 Å². The zero-order chi connectivity index (χ0) is 22.6. The minimum absolute atomic E-state index is 0.0287. The number of allylic oxidation sites excluding steroid dienone is 4. The summed E-state index contributed by atoms with van der Waals surface area (Å²) >= 11 is 0. The maximum absolute atomic E-state index is 12.0. The molecular weight excluding hydrogens is 380 g/mol. The smallest absolute Gasteiger partial charge is 0.156 e. The highest BCUT2D eigenvalue weighted by Gasteiger charge is 2.56. The van der Waals surface area contributed by atoms with Crippen LogP contribution in [0.25, 0.3) is 0 Å². The Morgan fingerprint density at radius 2 is 1.74 bits per heavy atom. The van der Waals surface area contributed by atoms with Crippen molar-refractivity contribution in [3.8, 4) is 12.3 Å². The Bertz CT molecular complexity index is 885.